The smallest absolute Gasteiger partial charge is 0.252 e. The van der Waals surface area contributed by atoms with Crippen molar-refractivity contribution in [3.05, 3.63) is 64.9 Å². The highest BCUT2D eigenvalue weighted by molar-refractivity contribution is 6.30. The Labute approximate surface area is 152 Å². The first-order valence-electron chi connectivity index (χ1n) is 7.94. The fourth-order valence-corrected chi connectivity index (χ4v) is 2.40. The van der Waals surface area contributed by atoms with E-state index in [1.165, 1.54) is 0 Å². The fraction of sp³-hybridized carbons (Fsp3) is 0.278. The Balaban J connectivity index is 1.76. The van der Waals surface area contributed by atoms with Gasteiger partial charge in [0.2, 0.25) is 0 Å². The van der Waals surface area contributed by atoms with Gasteiger partial charge in [-0.3, -0.25) is 14.8 Å². The van der Waals surface area contributed by atoms with Crippen molar-refractivity contribution in [1.82, 2.24) is 20.5 Å². The van der Waals surface area contributed by atoms with Gasteiger partial charge in [0, 0.05) is 51.1 Å². The van der Waals surface area contributed by atoms with Crippen LogP contribution in [-0.2, 0) is 6.54 Å². The van der Waals surface area contributed by atoms with Crippen molar-refractivity contribution in [1.29, 1.82) is 0 Å². The number of nitrogens with zero attached hydrogens (tertiary/aromatic N) is 3. The van der Waals surface area contributed by atoms with E-state index in [4.69, 9.17) is 11.6 Å². The van der Waals surface area contributed by atoms with E-state index in [1.807, 2.05) is 36.2 Å². The first-order chi connectivity index (χ1) is 12.1. The summed E-state index contributed by atoms with van der Waals surface area (Å²) < 4.78 is 0. The molecule has 0 atom stereocenters. The van der Waals surface area contributed by atoms with Gasteiger partial charge in [-0.05, 0) is 29.8 Å². The lowest BCUT2D eigenvalue weighted by Crippen LogP contribution is -2.42. The van der Waals surface area contributed by atoms with Crippen LogP contribution >= 0.6 is 11.6 Å². The lowest BCUT2D eigenvalue weighted by Gasteiger charge is -2.22. The second-order valence-electron chi connectivity index (χ2n) is 5.45. The van der Waals surface area contributed by atoms with Crippen LogP contribution in [0.4, 0.5) is 0 Å². The molecule has 2 rings (SSSR count). The molecule has 2 N–H and O–H groups in total. The number of benzene rings is 1. The Kier molecular flexibility index (Phi) is 7.22. The van der Waals surface area contributed by atoms with E-state index < -0.39 is 0 Å². The molecule has 0 fully saturated rings. The summed E-state index contributed by atoms with van der Waals surface area (Å²) in [7, 11) is 3.69. The van der Waals surface area contributed by atoms with Crippen LogP contribution < -0.4 is 10.6 Å². The third-order valence-corrected chi connectivity index (χ3v) is 3.78. The second kappa shape index (κ2) is 9.64. The van der Waals surface area contributed by atoms with Gasteiger partial charge in [0.05, 0.1) is 5.56 Å². The SMILES string of the molecule is CN=C(NCCNC(=O)c1cccnc1)N(C)Cc1ccc(Cl)cc1. The van der Waals surface area contributed by atoms with Crippen LogP contribution in [0.2, 0.25) is 5.02 Å². The Hall–Kier alpha value is -2.60. The molecule has 1 heterocycles. The average Bonchev–Trinajstić information content (AvgIpc) is 2.64. The van der Waals surface area contributed by atoms with Crippen LogP contribution in [0.3, 0.4) is 0 Å². The van der Waals surface area contributed by atoms with Gasteiger partial charge in [0.25, 0.3) is 5.91 Å². The van der Waals surface area contributed by atoms with Gasteiger partial charge in [0.15, 0.2) is 5.96 Å². The molecule has 0 bridgehead atoms. The molecule has 132 valence electrons. The number of hydrogen-bond donors (Lipinski definition) is 2. The maximum atomic E-state index is 11.9. The summed E-state index contributed by atoms with van der Waals surface area (Å²) in [6.07, 6.45) is 3.18. The number of amides is 1. The molecular weight excluding hydrogens is 338 g/mol. The van der Waals surface area contributed by atoms with Crippen molar-refractivity contribution in [2.75, 3.05) is 27.2 Å². The highest BCUT2D eigenvalue weighted by atomic mass is 35.5. The van der Waals surface area contributed by atoms with Gasteiger partial charge in [-0.25, -0.2) is 0 Å². The van der Waals surface area contributed by atoms with Gasteiger partial charge < -0.3 is 15.5 Å². The molecular formula is C18H22ClN5O. The standard InChI is InChI=1S/C18H22ClN5O/c1-20-18(24(2)13-14-5-7-16(19)8-6-14)23-11-10-22-17(25)15-4-3-9-21-12-15/h3-9,12H,10-11,13H2,1-2H3,(H,20,23)(H,22,25). The molecule has 25 heavy (non-hydrogen) atoms. The molecule has 0 aliphatic carbocycles. The van der Waals surface area contributed by atoms with Crippen LogP contribution in [0.1, 0.15) is 15.9 Å². The molecule has 1 amide bonds. The molecule has 0 aliphatic heterocycles. The van der Waals surface area contributed by atoms with Crippen molar-refractivity contribution in [2.45, 2.75) is 6.54 Å². The molecule has 0 spiro atoms. The van der Waals surface area contributed by atoms with E-state index in [0.717, 1.165) is 16.5 Å². The largest absolute Gasteiger partial charge is 0.354 e. The summed E-state index contributed by atoms with van der Waals surface area (Å²) in [5.74, 6) is 0.616. The molecule has 0 saturated carbocycles. The first kappa shape index (κ1) is 18.7. The van der Waals surface area contributed by atoms with Crippen LogP contribution in [0.5, 0.6) is 0 Å². The summed E-state index contributed by atoms with van der Waals surface area (Å²) in [6.45, 7) is 1.77. The third-order valence-electron chi connectivity index (χ3n) is 3.52. The first-order valence-corrected chi connectivity index (χ1v) is 8.32. The number of carbonyl (C=O) groups is 1. The minimum Gasteiger partial charge on any atom is -0.354 e. The highest BCUT2D eigenvalue weighted by Gasteiger charge is 2.07. The molecule has 0 aliphatic rings. The number of carbonyl (C=O) groups excluding carboxylic acids is 1. The van der Waals surface area contributed by atoms with Gasteiger partial charge in [-0.1, -0.05) is 23.7 Å². The van der Waals surface area contributed by atoms with E-state index in [0.29, 0.717) is 25.2 Å². The molecule has 6 nitrogen and oxygen atoms in total. The molecule has 1 aromatic heterocycles. The normalized spacial score (nSPS) is 11.1. The topological polar surface area (TPSA) is 69.6 Å². The molecule has 0 radical (unpaired) electrons. The number of aromatic nitrogens is 1. The maximum Gasteiger partial charge on any atom is 0.252 e. The number of halogens is 1. The second-order valence-corrected chi connectivity index (χ2v) is 5.89. The lowest BCUT2D eigenvalue weighted by atomic mass is 10.2. The summed E-state index contributed by atoms with van der Waals surface area (Å²) in [5.41, 5.74) is 1.69. The number of hydrogen-bond acceptors (Lipinski definition) is 3. The van der Waals surface area contributed by atoms with Crippen LogP contribution in [0, 0.1) is 0 Å². The average molecular weight is 360 g/mol. The summed E-state index contributed by atoms with van der Waals surface area (Å²) in [5, 5.41) is 6.79. The minimum atomic E-state index is -0.139. The van der Waals surface area contributed by atoms with Crippen molar-refractivity contribution in [3.8, 4) is 0 Å². The minimum absolute atomic E-state index is 0.139. The van der Waals surface area contributed by atoms with Gasteiger partial charge in [0.1, 0.15) is 0 Å². The Morgan fingerprint density at radius 1 is 1.20 bits per heavy atom. The molecule has 2 aromatic rings. The predicted molar refractivity (Wildman–Crippen MR) is 101 cm³/mol. The zero-order valence-electron chi connectivity index (χ0n) is 14.4. The number of rotatable bonds is 6. The van der Waals surface area contributed by atoms with E-state index in [9.17, 15) is 4.79 Å². The number of pyridine rings is 1. The summed E-state index contributed by atoms with van der Waals surface area (Å²) in [4.78, 5) is 22.1. The van der Waals surface area contributed by atoms with Crippen LogP contribution in [0.25, 0.3) is 0 Å². The van der Waals surface area contributed by atoms with Gasteiger partial charge >= 0.3 is 0 Å². The number of aliphatic imine (C=N–C) groups is 1. The number of nitrogens with one attached hydrogen (secondary N) is 2. The van der Waals surface area contributed by atoms with Crippen molar-refractivity contribution >= 4 is 23.5 Å². The predicted octanol–water partition coefficient (Wildman–Crippen LogP) is 2.17. The third kappa shape index (κ3) is 6.08. The van der Waals surface area contributed by atoms with Crippen molar-refractivity contribution < 1.29 is 4.79 Å². The number of guanidine groups is 1. The van der Waals surface area contributed by atoms with E-state index in [1.54, 1.807) is 31.6 Å². The lowest BCUT2D eigenvalue weighted by molar-refractivity contribution is 0.0954. The zero-order chi connectivity index (χ0) is 18.1. The monoisotopic (exact) mass is 359 g/mol. The van der Waals surface area contributed by atoms with Gasteiger partial charge in [-0.2, -0.15) is 0 Å². The zero-order valence-corrected chi connectivity index (χ0v) is 15.1. The maximum absolute atomic E-state index is 11.9. The van der Waals surface area contributed by atoms with Crippen LogP contribution in [0.15, 0.2) is 53.8 Å². The van der Waals surface area contributed by atoms with E-state index in [-0.39, 0.29) is 5.91 Å². The Bertz CT molecular complexity index is 703. The van der Waals surface area contributed by atoms with Crippen molar-refractivity contribution in [2.24, 2.45) is 4.99 Å². The van der Waals surface area contributed by atoms with E-state index in [2.05, 4.69) is 20.6 Å². The van der Waals surface area contributed by atoms with Crippen LogP contribution in [-0.4, -0.2) is 48.9 Å². The van der Waals surface area contributed by atoms with E-state index >= 15 is 0 Å². The fourth-order valence-electron chi connectivity index (χ4n) is 2.27. The molecule has 7 heteroatoms. The van der Waals surface area contributed by atoms with Crippen molar-refractivity contribution in [3.63, 3.8) is 0 Å². The van der Waals surface area contributed by atoms with Gasteiger partial charge in [-0.15, -0.1) is 0 Å². The molecule has 0 unspecified atom stereocenters. The molecule has 0 saturated heterocycles. The quantitative estimate of drug-likeness (QED) is 0.471. The Morgan fingerprint density at radius 2 is 1.92 bits per heavy atom. The Morgan fingerprint density at radius 3 is 2.56 bits per heavy atom. The highest BCUT2D eigenvalue weighted by Crippen LogP contribution is 2.10. The summed E-state index contributed by atoms with van der Waals surface area (Å²) >= 11 is 5.90. The summed E-state index contributed by atoms with van der Waals surface area (Å²) in [6, 6.07) is 11.2. The molecule has 1 aromatic carbocycles.